The number of phenols is 1. The van der Waals surface area contributed by atoms with Crippen molar-refractivity contribution >= 4 is 0 Å². The summed E-state index contributed by atoms with van der Waals surface area (Å²) in [6.45, 7) is -0.0450. The summed E-state index contributed by atoms with van der Waals surface area (Å²) in [7, 11) is 1.47. The molecule has 0 heterocycles. The minimum absolute atomic E-state index is 0. The van der Waals surface area contributed by atoms with Crippen LogP contribution in [0.5, 0.6) is 11.5 Å². The van der Waals surface area contributed by atoms with Gasteiger partial charge >= 0.3 is 0 Å². The van der Waals surface area contributed by atoms with Crippen LogP contribution in [0.4, 0.5) is 0 Å². The van der Waals surface area contributed by atoms with E-state index in [1.807, 2.05) is 0 Å². The normalized spacial score (nSPS) is 9.64. The van der Waals surface area contributed by atoms with E-state index in [0.29, 0.717) is 5.75 Å². The van der Waals surface area contributed by atoms with Gasteiger partial charge in [0.05, 0.1) is 13.7 Å². The van der Waals surface area contributed by atoms with E-state index >= 15 is 0 Å². The standard InChI is InChI=1S/C8H10O3.H2/c1-11-8-4-6(5-9)2-3-7(8)10;/h2-4,9-10H,5H2,1H3;1H/i;1+1. The van der Waals surface area contributed by atoms with Crippen molar-refractivity contribution in [1.82, 2.24) is 0 Å². The lowest BCUT2D eigenvalue weighted by Gasteiger charge is -2.03. The maximum atomic E-state index is 9.12. The molecule has 0 unspecified atom stereocenters. The summed E-state index contributed by atoms with van der Waals surface area (Å²) in [5.74, 6) is 0.473. The SMILES string of the molecule is COc1cc(CO)ccc1O.[2HH]. The van der Waals surface area contributed by atoms with E-state index in [-0.39, 0.29) is 13.8 Å². The molecule has 0 aliphatic heterocycles. The molecule has 0 saturated carbocycles. The highest BCUT2D eigenvalue weighted by Crippen LogP contribution is 2.25. The Morgan fingerprint density at radius 2 is 2.27 bits per heavy atom. The lowest BCUT2D eigenvalue weighted by Crippen LogP contribution is -1.87. The first-order valence-corrected chi connectivity index (χ1v) is 3.24. The molecule has 1 aromatic carbocycles. The molecule has 11 heavy (non-hydrogen) atoms. The van der Waals surface area contributed by atoms with Crippen molar-refractivity contribution in [2.45, 2.75) is 6.61 Å². The summed E-state index contributed by atoms with van der Waals surface area (Å²) in [4.78, 5) is 0. The van der Waals surface area contributed by atoms with Gasteiger partial charge in [-0.15, -0.1) is 0 Å². The van der Waals surface area contributed by atoms with Crippen LogP contribution in [0.15, 0.2) is 18.2 Å². The maximum absolute atomic E-state index is 9.12. The van der Waals surface area contributed by atoms with Crippen LogP contribution in [0.1, 0.15) is 6.99 Å². The van der Waals surface area contributed by atoms with Gasteiger partial charge in [-0.3, -0.25) is 0 Å². The van der Waals surface area contributed by atoms with Crippen LogP contribution in [-0.2, 0) is 6.61 Å². The van der Waals surface area contributed by atoms with E-state index in [9.17, 15) is 0 Å². The van der Waals surface area contributed by atoms with E-state index < -0.39 is 0 Å². The lowest BCUT2D eigenvalue weighted by molar-refractivity contribution is 0.280. The van der Waals surface area contributed by atoms with Crippen molar-refractivity contribution in [3.8, 4) is 11.5 Å². The Labute approximate surface area is 66.3 Å². The van der Waals surface area contributed by atoms with E-state index in [1.165, 1.54) is 13.2 Å². The van der Waals surface area contributed by atoms with Crippen molar-refractivity contribution in [2.24, 2.45) is 0 Å². The number of aliphatic hydroxyl groups excluding tert-OH is 1. The third-order valence-corrected chi connectivity index (χ3v) is 1.43. The summed E-state index contributed by atoms with van der Waals surface area (Å²) >= 11 is 0. The Bertz CT molecular complexity index is 250. The first-order chi connectivity index (χ1) is 5.27. The predicted octanol–water partition coefficient (Wildman–Crippen LogP) is 1.14. The maximum Gasteiger partial charge on any atom is 0.160 e. The average Bonchev–Trinajstić information content (AvgIpc) is 2.05. The van der Waals surface area contributed by atoms with Crippen LogP contribution in [0.25, 0.3) is 0 Å². The van der Waals surface area contributed by atoms with Gasteiger partial charge in [0, 0.05) is 1.43 Å². The molecule has 0 spiro atoms. The van der Waals surface area contributed by atoms with Crippen LogP contribution in [-0.4, -0.2) is 17.3 Å². The van der Waals surface area contributed by atoms with E-state index in [4.69, 9.17) is 14.9 Å². The molecule has 0 atom stereocenters. The number of hydrogen-bond acceptors (Lipinski definition) is 3. The highest BCUT2D eigenvalue weighted by molar-refractivity contribution is 5.41. The van der Waals surface area contributed by atoms with Gasteiger partial charge in [0.2, 0.25) is 0 Å². The molecule has 62 valence electrons. The molecule has 0 radical (unpaired) electrons. The third kappa shape index (κ3) is 1.62. The van der Waals surface area contributed by atoms with Crippen molar-refractivity contribution in [2.75, 3.05) is 7.11 Å². The monoisotopic (exact) mass is 157 g/mol. The second-order valence-electron chi connectivity index (χ2n) is 2.16. The van der Waals surface area contributed by atoms with Crippen LogP contribution in [0.3, 0.4) is 0 Å². The van der Waals surface area contributed by atoms with Gasteiger partial charge in [-0.2, -0.15) is 0 Å². The molecule has 0 saturated heterocycles. The molecule has 3 nitrogen and oxygen atoms in total. The van der Waals surface area contributed by atoms with E-state index in [0.717, 1.165) is 5.56 Å². The first kappa shape index (κ1) is 7.88. The fourth-order valence-electron chi connectivity index (χ4n) is 0.820. The number of methoxy groups -OCH3 is 1. The smallest absolute Gasteiger partial charge is 0.160 e. The number of ether oxygens (including phenoxy) is 1. The first-order valence-electron chi connectivity index (χ1n) is 3.24. The van der Waals surface area contributed by atoms with Crippen LogP contribution in [0.2, 0.25) is 0 Å². The van der Waals surface area contributed by atoms with Gasteiger partial charge in [0.25, 0.3) is 0 Å². The minimum Gasteiger partial charge on any atom is -0.504 e. The number of aliphatic hydroxyl groups is 1. The molecule has 0 aliphatic carbocycles. The Kier molecular flexibility index (Phi) is 2.33. The highest BCUT2D eigenvalue weighted by atomic mass is 16.5. The predicted molar refractivity (Wildman–Crippen MR) is 42.7 cm³/mol. The van der Waals surface area contributed by atoms with Crippen LogP contribution >= 0.6 is 0 Å². The molecular weight excluding hydrogens is 144 g/mol. The Morgan fingerprint density at radius 3 is 2.82 bits per heavy atom. The number of benzene rings is 1. The summed E-state index contributed by atoms with van der Waals surface area (Å²) in [6, 6.07) is 4.72. The zero-order valence-electron chi connectivity index (χ0n) is 6.24. The van der Waals surface area contributed by atoms with E-state index in [2.05, 4.69) is 0 Å². The molecule has 0 fully saturated rings. The number of aromatic hydroxyl groups is 1. The largest absolute Gasteiger partial charge is 0.504 e. The fourth-order valence-corrected chi connectivity index (χ4v) is 0.820. The molecule has 1 rings (SSSR count). The van der Waals surface area contributed by atoms with Gasteiger partial charge in [0.15, 0.2) is 11.5 Å². The van der Waals surface area contributed by atoms with Gasteiger partial charge in [0.1, 0.15) is 0 Å². The Balaban J connectivity index is 0.00000121. The average molecular weight is 157 g/mol. The summed E-state index contributed by atoms with van der Waals surface area (Å²) < 4.78 is 4.83. The molecule has 0 amide bonds. The molecule has 3 heteroatoms. The quantitative estimate of drug-likeness (QED) is 0.676. The topological polar surface area (TPSA) is 49.7 Å². The number of rotatable bonds is 2. The zero-order chi connectivity index (χ0) is 8.27. The Hall–Kier alpha value is -1.22. The Morgan fingerprint density at radius 1 is 1.55 bits per heavy atom. The third-order valence-electron chi connectivity index (χ3n) is 1.43. The summed E-state index contributed by atoms with van der Waals surface area (Å²) in [5, 5.41) is 17.8. The molecule has 0 bridgehead atoms. The van der Waals surface area contributed by atoms with Crippen LogP contribution < -0.4 is 4.74 Å². The van der Waals surface area contributed by atoms with Gasteiger partial charge in [-0.1, -0.05) is 6.07 Å². The number of hydrogen-bond donors (Lipinski definition) is 2. The van der Waals surface area contributed by atoms with Gasteiger partial charge < -0.3 is 14.9 Å². The molecule has 1 aromatic rings. The second kappa shape index (κ2) is 3.25. The molecule has 0 aliphatic rings. The lowest BCUT2D eigenvalue weighted by atomic mass is 10.2. The summed E-state index contributed by atoms with van der Waals surface area (Å²) in [5.41, 5.74) is 0.722. The molecule has 0 aromatic heterocycles. The van der Waals surface area contributed by atoms with Gasteiger partial charge in [-0.05, 0) is 17.7 Å². The van der Waals surface area contributed by atoms with Crippen molar-refractivity contribution in [3.05, 3.63) is 23.8 Å². The van der Waals surface area contributed by atoms with Gasteiger partial charge in [-0.25, -0.2) is 0 Å². The fraction of sp³-hybridized carbons (Fsp3) is 0.250. The summed E-state index contributed by atoms with van der Waals surface area (Å²) in [6.07, 6.45) is 0. The molecular formula is C8H12O3. The minimum atomic E-state index is -0.0450. The highest BCUT2D eigenvalue weighted by Gasteiger charge is 2.00. The van der Waals surface area contributed by atoms with Crippen molar-refractivity contribution in [3.63, 3.8) is 0 Å². The van der Waals surface area contributed by atoms with Crippen molar-refractivity contribution < 1.29 is 16.4 Å². The zero-order valence-corrected chi connectivity index (χ0v) is 6.24. The van der Waals surface area contributed by atoms with E-state index in [1.54, 1.807) is 12.1 Å². The molecule has 2 N–H and O–H groups in total. The van der Waals surface area contributed by atoms with Crippen LogP contribution in [0, 0.1) is 0 Å². The van der Waals surface area contributed by atoms with Crippen molar-refractivity contribution in [1.29, 1.82) is 0 Å². The number of phenolic OH excluding ortho intramolecular Hbond substituents is 1. The second-order valence-corrected chi connectivity index (χ2v) is 2.16.